The van der Waals surface area contributed by atoms with E-state index in [0.717, 1.165) is 5.92 Å². The highest BCUT2D eigenvalue weighted by atomic mass is 19.1. The minimum atomic E-state index is -0.123. The van der Waals surface area contributed by atoms with Gasteiger partial charge in [0.2, 0.25) is 0 Å². The summed E-state index contributed by atoms with van der Waals surface area (Å²) < 4.78 is 12.8. The van der Waals surface area contributed by atoms with Gasteiger partial charge in [-0.1, -0.05) is 38.3 Å². The van der Waals surface area contributed by atoms with Gasteiger partial charge in [0.25, 0.3) is 0 Å². The van der Waals surface area contributed by atoms with E-state index >= 15 is 0 Å². The van der Waals surface area contributed by atoms with Crippen LogP contribution in [0.15, 0.2) is 24.3 Å². The summed E-state index contributed by atoms with van der Waals surface area (Å²) in [6, 6.07) is 7.12. The second-order valence-corrected chi connectivity index (χ2v) is 4.61. The molecule has 2 rings (SSSR count). The molecule has 0 nitrogen and oxygen atoms in total. The summed E-state index contributed by atoms with van der Waals surface area (Å²) >= 11 is 0. The number of rotatable bonds is 2. The van der Waals surface area contributed by atoms with E-state index in [1.165, 1.54) is 37.7 Å². The molecule has 1 saturated carbocycles. The van der Waals surface area contributed by atoms with E-state index in [2.05, 4.69) is 6.92 Å². The maximum atomic E-state index is 12.8. The highest BCUT2D eigenvalue weighted by molar-refractivity contribution is 5.21. The highest BCUT2D eigenvalue weighted by Gasteiger charge is 2.24. The predicted molar refractivity (Wildman–Crippen MR) is 61.4 cm³/mol. The van der Waals surface area contributed by atoms with Crippen LogP contribution in [0.3, 0.4) is 0 Å². The van der Waals surface area contributed by atoms with Crippen LogP contribution in [0.4, 0.5) is 4.39 Å². The van der Waals surface area contributed by atoms with Crippen molar-refractivity contribution in [3.05, 3.63) is 35.6 Å². The van der Waals surface area contributed by atoms with Gasteiger partial charge in [0.15, 0.2) is 0 Å². The minimum Gasteiger partial charge on any atom is -0.207 e. The zero-order chi connectivity index (χ0) is 10.7. The second kappa shape index (κ2) is 4.78. The van der Waals surface area contributed by atoms with Gasteiger partial charge in [-0.25, -0.2) is 4.39 Å². The van der Waals surface area contributed by atoms with E-state index in [1.807, 2.05) is 12.1 Å². The van der Waals surface area contributed by atoms with E-state index in [1.54, 1.807) is 12.1 Å². The topological polar surface area (TPSA) is 0 Å². The van der Waals surface area contributed by atoms with Crippen molar-refractivity contribution >= 4 is 0 Å². The third kappa shape index (κ3) is 2.39. The van der Waals surface area contributed by atoms with Gasteiger partial charge in [-0.2, -0.15) is 0 Å². The molecule has 0 aromatic heterocycles. The van der Waals surface area contributed by atoms with Gasteiger partial charge in [0, 0.05) is 0 Å². The van der Waals surface area contributed by atoms with Crippen molar-refractivity contribution in [3.63, 3.8) is 0 Å². The molecule has 0 saturated heterocycles. The molecule has 1 fully saturated rings. The summed E-state index contributed by atoms with van der Waals surface area (Å²) in [4.78, 5) is 0. The normalized spacial score (nSPS) is 26.5. The van der Waals surface area contributed by atoms with Crippen LogP contribution in [-0.4, -0.2) is 0 Å². The van der Waals surface area contributed by atoms with Crippen LogP contribution < -0.4 is 0 Å². The van der Waals surface area contributed by atoms with Crippen LogP contribution in [0.5, 0.6) is 0 Å². The molecule has 1 aromatic carbocycles. The Balaban J connectivity index is 2.16. The van der Waals surface area contributed by atoms with Gasteiger partial charge < -0.3 is 0 Å². The van der Waals surface area contributed by atoms with Crippen molar-refractivity contribution in [1.29, 1.82) is 0 Å². The average Bonchev–Trinajstić information content (AvgIpc) is 2.30. The van der Waals surface area contributed by atoms with Crippen LogP contribution in [0.2, 0.25) is 0 Å². The fourth-order valence-electron chi connectivity index (χ4n) is 2.85. The van der Waals surface area contributed by atoms with Crippen molar-refractivity contribution in [2.24, 2.45) is 5.92 Å². The monoisotopic (exact) mass is 206 g/mol. The van der Waals surface area contributed by atoms with E-state index in [-0.39, 0.29) is 5.82 Å². The molecule has 0 unspecified atom stereocenters. The van der Waals surface area contributed by atoms with Gasteiger partial charge >= 0.3 is 0 Å². The lowest BCUT2D eigenvalue weighted by Crippen LogP contribution is -2.16. The Morgan fingerprint density at radius 3 is 2.47 bits per heavy atom. The molecule has 0 spiro atoms. The van der Waals surface area contributed by atoms with Crippen LogP contribution in [-0.2, 0) is 0 Å². The van der Waals surface area contributed by atoms with E-state index in [9.17, 15) is 4.39 Å². The van der Waals surface area contributed by atoms with Crippen molar-refractivity contribution < 1.29 is 4.39 Å². The molecule has 0 aliphatic heterocycles. The first-order valence-corrected chi connectivity index (χ1v) is 6.06. The van der Waals surface area contributed by atoms with Crippen LogP contribution in [0.1, 0.15) is 50.5 Å². The second-order valence-electron chi connectivity index (χ2n) is 4.61. The Kier molecular flexibility index (Phi) is 3.40. The zero-order valence-corrected chi connectivity index (χ0v) is 9.38. The Bertz CT molecular complexity index is 302. The maximum Gasteiger partial charge on any atom is 0.123 e. The third-order valence-corrected chi connectivity index (χ3v) is 3.73. The van der Waals surface area contributed by atoms with Crippen LogP contribution in [0.25, 0.3) is 0 Å². The number of benzene rings is 1. The Hall–Kier alpha value is -0.850. The lowest BCUT2D eigenvalue weighted by Gasteiger charge is -2.31. The maximum absolute atomic E-state index is 12.8. The fourth-order valence-corrected chi connectivity index (χ4v) is 2.85. The Morgan fingerprint density at radius 1 is 1.13 bits per heavy atom. The van der Waals surface area contributed by atoms with Crippen molar-refractivity contribution in [2.45, 2.75) is 44.9 Å². The molecule has 82 valence electrons. The van der Waals surface area contributed by atoms with Gasteiger partial charge in [-0.05, 0) is 42.4 Å². The predicted octanol–water partition coefficient (Wildman–Crippen LogP) is 4.51. The Labute approximate surface area is 91.5 Å². The summed E-state index contributed by atoms with van der Waals surface area (Å²) in [5, 5.41) is 0. The summed E-state index contributed by atoms with van der Waals surface area (Å²) in [6.45, 7) is 2.27. The molecular formula is C14H19F. The van der Waals surface area contributed by atoms with Gasteiger partial charge in [0.05, 0.1) is 0 Å². The molecule has 2 atom stereocenters. The highest BCUT2D eigenvalue weighted by Crippen LogP contribution is 2.39. The number of halogens is 1. The quantitative estimate of drug-likeness (QED) is 0.668. The molecule has 1 aliphatic carbocycles. The van der Waals surface area contributed by atoms with Crippen molar-refractivity contribution in [3.8, 4) is 0 Å². The molecule has 0 N–H and O–H groups in total. The van der Waals surface area contributed by atoms with E-state index in [4.69, 9.17) is 0 Å². The van der Waals surface area contributed by atoms with Crippen LogP contribution in [0, 0.1) is 11.7 Å². The number of hydrogen-bond acceptors (Lipinski definition) is 0. The van der Waals surface area contributed by atoms with Crippen molar-refractivity contribution in [1.82, 2.24) is 0 Å². The van der Waals surface area contributed by atoms with Gasteiger partial charge in [-0.15, -0.1) is 0 Å². The first-order chi connectivity index (χ1) is 7.31. The fraction of sp³-hybridized carbons (Fsp3) is 0.571. The Morgan fingerprint density at radius 2 is 1.80 bits per heavy atom. The molecular weight excluding hydrogens is 187 g/mol. The largest absolute Gasteiger partial charge is 0.207 e. The summed E-state index contributed by atoms with van der Waals surface area (Å²) in [5.74, 6) is 1.36. The van der Waals surface area contributed by atoms with E-state index in [0.29, 0.717) is 5.92 Å². The molecule has 0 radical (unpaired) electrons. The molecule has 0 amide bonds. The first kappa shape index (κ1) is 10.7. The first-order valence-electron chi connectivity index (χ1n) is 6.06. The smallest absolute Gasteiger partial charge is 0.123 e. The standard InChI is InChI=1S/C14H19F/c1-2-11-5-3-4-6-14(11)12-7-9-13(15)10-8-12/h7-11,14H,2-6H2,1H3/t11-,14-/m1/s1. The minimum absolute atomic E-state index is 0.123. The molecule has 0 heterocycles. The SMILES string of the molecule is CC[C@@H]1CCCC[C@H]1c1ccc(F)cc1. The van der Waals surface area contributed by atoms with Gasteiger partial charge in [0.1, 0.15) is 5.82 Å². The third-order valence-electron chi connectivity index (χ3n) is 3.73. The van der Waals surface area contributed by atoms with Crippen LogP contribution >= 0.6 is 0 Å². The zero-order valence-electron chi connectivity index (χ0n) is 9.38. The van der Waals surface area contributed by atoms with E-state index < -0.39 is 0 Å². The molecule has 15 heavy (non-hydrogen) atoms. The molecule has 0 bridgehead atoms. The number of hydrogen-bond donors (Lipinski definition) is 0. The summed E-state index contributed by atoms with van der Waals surface area (Å²) in [7, 11) is 0. The lowest BCUT2D eigenvalue weighted by atomic mass is 9.74. The van der Waals surface area contributed by atoms with Crippen molar-refractivity contribution in [2.75, 3.05) is 0 Å². The summed E-state index contributed by atoms with van der Waals surface area (Å²) in [5.41, 5.74) is 1.34. The molecule has 1 heteroatoms. The molecule has 1 aliphatic rings. The summed E-state index contributed by atoms with van der Waals surface area (Å²) in [6.07, 6.45) is 6.58. The molecule has 1 aromatic rings. The average molecular weight is 206 g/mol. The van der Waals surface area contributed by atoms with Gasteiger partial charge in [-0.3, -0.25) is 0 Å². The lowest BCUT2D eigenvalue weighted by molar-refractivity contribution is 0.299.